The normalized spacial score (nSPS) is 7.18. The molecule has 0 bridgehead atoms. The van der Waals surface area contributed by atoms with Gasteiger partial charge in [-0.1, -0.05) is 18.2 Å². The average Bonchev–Trinajstić information content (AvgIpc) is 2.08. The maximum atomic E-state index is 4.90. The minimum Gasteiger partial charge on any atom is -0.496 e. The predicted octanol–water partition coefficient (Wildman–Crippen LogP) is 2.49. The zero-order valence-corrected chi connectivity index (χ0v) is 9.11. The summed E-state index contributed by atoms with van der Waals surface area (Å²) in [6.07, 6.45) is 0. The average molecular weight is 202 g/mol. The highest BCUT2D eigenvalue weighted by Crippen LogP contribution is 2.04. The second-order valence-corrected chi connectivity index (χ2v) is 4.16. The molecule has 11 heavy (non-hydrogen) atoms. The maximum Gasteiger partial charge on any atom is 0.618 e. The van der Waals surface area contributed by atoms with Crippen LogP contribution in [0.4, 0.5) is 0 Å². The van der Waals surface area contributed by atoms with E-state index in [1.165, 1.54) is 0 Å². The van der Waals surface area contributed by atoms with E-state index in [1.54, 1.807) is 7.11 Å². The van der Waals surface area contributed by atoms with E-state index < -0.39 is 18.2 Å². The van der Waals surface area contributed by atoms with Crippen LogP contribution in [0.5, 0.6) is 5.75 Å². The summed E-state index contributed by atoms with van der Waals surface area (Å²) in [4.78, 5) is 0. The fraction of sp³-hybridized carbons (Fsp3) is 0.143. The fourth-order valence-electron chi connectivity index (χ4n) is 0.504. The van der Waals surface area contributed by atoms with Crippen molar-refractivity contribution in [3.05, 3.63) is 30.3 Å². The zero-order chi connectivity index (χ0) is 8.53. The van der Waals surface area contributed by atoms with Gasteiger partial charge in [0, 0.05) is 6.07 Å². The maximum absolute atomic E-state index is 4.90. The number of methoxy groups -OCH3 is 1. The van der Waals surface area contributed by atoms with E-state index in [4.69, 9.17) is 22.9 Å². The summed E-state index contributed by atoms with van der Waals surface area (Å²) in [7, 11) is 11.4. The summed E-state index contributed by atoms with van der Waals surface area (Å²) in [6.45, 7) is 0. The van der Waals surface area contributed by atoms with Crippen LogP contribution in [0, 0.1) is 6.07 Å². The van der Waals surface area contributed by atoms with Crippen LogP contribution < -0.4 is 4.74 Å². The van der Waals surface area contributed by atoms with E-state index in [-0.39, 0.29) is 0 Å². The van der Waals surface area contributed by atoms with Gasteiger partial charge in [-0.25, -0.2) is 0 Å². The molecule has 1 nitrogen and oxygen atoms in total. The molecule has 1 aromatic carbocycles. The molecular weight excluding hydrogens is 195 g/mol. The number of halogens is 2. The summed E-state index contributed by atoms with van der Waals surface area (Å²) in [6, 6.07) is 10.4. The Morgan fingerprint density at radius 2 is 2.09 bits per heavy atom. The van der Waals surface area contributed by atoms with E-state index >= 15 is 0 Å². The first-order valence-electron chi connectivity index (χ1n) is 2.97. The largest absolute Gasteiger partial charge is 0.618 e. The molecule has 0 saturated carbocycles. The molecule has 0 aliphatic carbocycles. The lowest BCUT2D eigenvalue weighted by Gasteiger charge is -1.93. The van der Waals surface area contributed by atoms with Gasteiger partial charge in [0.1, 0.15) is 5.75 Å². The minimum atomic E-state index is -0.639. The van der Waals surface area contributed by atoms with E-state index in [0.717, 1.165) is 5.75 Å². The molecular formula is C7H7Cl2MgO. The van der Waals surface area contributed by atoms with Crippen molar-refractivity contribution in [2.45, 2.75) is 0 Å². The zero-order valence-electron chi connectivity index (χ0n) is 6.18. The number of rotatable bonds is 1. The van der Waals surface area contributed by atoms with Crippen LogP contribution in [0.25, 0.3) is 0 Å². The van der Waals surface area contributed by atoms with E-state index in [1.807, 2.05) is 24.3 Å². The Hall–Kier alpha value is 0.366. The van der Waals surface area contributed by atoms with Gasteiger partial charge in [0.2, 0.25) is 0 Å². The second kappa shape index (κ2) is 8.46. The lowest BCUT2D eigenvalue weighted by atomic mass is 10.3. The van der Waals surface area contributed by atoms with Gasteiger partial charge in [-0.3, -0.25) is 0 Å². The Morgan fingerprint density at radius 3 is 2.36 bits per heavy atom. The molecule has 0 unspecified atom stereocenters. The van der Waals surface area contributed by atoms with Gasteiger partial charge in [-0.05, 0) is 6.07 Å². The van der Waals surface area contributed by atoms with Crippen molar-refractivity contribution in [1.82, 2.24) is 0 Å². The van der Waals surface area contributed by atoms with Crippen LogP contribution in [0.2, 0.25) is 0 Å². The van der Waals surface area contributed by atoms with Gasteiger partial charge in [0.05, 0.1) is 7.11 Å². The molecule has 1 aromatic rings. The Bertz CT molecular complexity index is 169. The van der Waals surface area contributed by atoms with Crippen molar-refractivity contribution in [2.24, 2.45) is 0 Å². The number of hydrogen-bond donors (Lipinski definition) is 0. The molecule has 0 saturated heterocycles. The third-order valence-corrected chi connectivity index (χ3v) is 0.900. The molecule has 0 heterocycles. The molecule has 0 aliphatic heterocycles. The first-order valence-corrected chi connectivity index (χ1v) is 7.25. The first-order chi connectivity index (χ1) is 5.35. The molecule has 1 rings (SSSR count). The van der Waals surface area contributed by atoms with Crippen molar-refractivity contribution in [3.8, 4) is 5.75 Å². The summed E-state index contributed by atoms with van der Waals surface area (Å²) in [5.41, 5.74) is 0. The second-order valence-electron chi connectivity index (χ2n) is 1.53. The van der Waals surface area contributed by atoms with Crippen molar-refractivity contribution in [1.29, 1.82) is 0 Å². The fourth-order valence-corrected chi connectivity index (χ4v) is 0.504. The highest BCUT2D eigenvalue weighted by molar-refractivity contribution is 7.22. The molecule has 57 valence electrons. The highest BCUT2D eigenvalue weighted by Gasteiger charge is 1.81. The number of ether oxygens (including phenoxy) is 1. The SMILES string of the molecule is COc1[c]cccc1.[Cl][Mg][Cl]. The topological polar surface area (TPSA) is 9.23 Å². The van der Waals surface area contributed by atoms with Crippen LogP contribution in [-0.2, 0) is 0 Å². The van der Waals surface area contributed by atoms with Gasteiger partial charge in [-0.15, -0.1) is 0 Å². The van der Waals surface area contributed by atoms with Gasteiger partial charge >= 0.3 is 18.2 Å². The Kier molecular flexibility index (Phi) is 8.74. The molecule has 0 atom stereocenters. The van der Waals surface area contributed by atoms with Crippen LogP contribution in [0.15, 0.2) is 24.3 Å². The van der Waals surface area contributed by atoms with Crippen LogP contribution in [0.3, 0.4) is 0 Å². The van der Waals surface area contributed by atoms with Crippen molar-refractivity contribution in [2.75, 3.05) is 7.11 Å². The molecule has 0 amide bonds. The van der Waals surface area contributed by atoms with Crippen molar-refractivity contribution in [3.63, 3.8) is 0 Å². The van der Waals surface area contributed by atoms with Crippen LogP contribution in [0.1, 0.15) is 0 Å². The monoisotopic (exact) mass is 201 g/mol. The minimum absolute atomic E-state index is 0.639. The molecule has 0 fully saturated rings. The Labute approximate surface area is 83.9 Å². The quantitative estimate of drug-likeness (QED) is 0.636. The summed E-state index contributed by atoms with van der Waals surface area (Å²) < 4.78 is 4.86. The molecule has 4 heteroatoms. The summed E-state index contributed by atoms with van der Waals surface area (Å²) >= 11 is -0.639. The van der Waals surface area contributed by atoms with Gasteiger partial charge < -0.3 is 22.9 Å². The number of benzene rings is 1. The van der Waals surface area contributed by atoms with E-state index in [0.29, 0.717) is 0 Å². The standard InChI is InChI=1S/C7H7O.2ClH.Mg/c1-8-7-5-3-2-4-6-7;;;/h2-5H,1H3;2*1H;/q;;;+2/p-2. The molecule has 0 aliphatic rings. The Balaban J connectivity index is 0.000000292. The van der Waals surface area contributed by atoms with E-state index in [2.05, 4.69) is 6.07 Å². The number of hydrogen-bond acceptors (Lipinski definition) is 1. The highest BCUT2D eigenvalue weighted by atomic mass is 35.6. The third kappa shape index (κ3) is 6.75. The lowest BCUT2D eigenvalue weighted by Crippen LogP contribution is -1.79. The lowest BCUT2D eigenvalue weighted by molar-refractivity contribution is 0.414. The smallest absolute Gasteiger partial charge is 0.496 e. The van der Waals surface area contributed by atoms with E-state index in [9.17, 15) is 0 Å². The van der Waals surface area contributed by atoms with Gasteiger partial charge in [0.25, 0.3) is 0 Å². The van der Waals surface area contributed by atoms with Gasteiger partial charge in [-0.2, -0.15) is 0 Å². The van der Waals surface area contributed by atoms with Crippen LogP contribution >= 0.6 is 18.1 Å². The Morgan fingerprint density at radius 1 is 1.45 bits per heavy atom. The van der Waals surface area contributed by atoms with Gasteiger partial charge in [0.15, 0.2) is 0 Å². The molecule has 1 radical (unpaired) electrons. The summed E-state index contributed by atoms with van der Waals surface area (Å²) in [5, 5.41) is 0. The first kappa shape index (κ1) is 11.4. The number of para-hydroxylation sites is 1. The predicted molar refractivity (Wildman–Crippen MR) is 49.3 cm³/mol. The molecule has 0 N–H and O–H groups in total. The van der Waals surface area contributed by atoms with Crippen molar-refractivity contribution < 1.29 is 4.74 Å². The van der Waals surface area contributed by atoms with Crippen molar-refractivity contribution >= 4 is 36.3 Å². The van der Waals surface area contributed by atoms with Crippen LogP contribution in [-0.4, -0.2) is 25.3 Å². The molecule has 0 spiro atoms. The summed E-state index contributed by atoms with van der Waals surface area (Å²) in [5.74, 6) is 0.785. The third-order valence-electron chi connectivity index (χ3n) is 0.900. The molecule has 0 aromatic heterocycles.